The molecule has 178 valence electrons. The molecule has 0 spiro atoms. The zero-order valence-electron chi connectivity index (χ0n) is 19.1. The van der Waals surface area contributed by atoms with Crippen LogP contribution in [-0.2, 0) is 14.4 Å². The molecule has 0 saturated carbocycles. The Morgan fingerprint density at radius 2 is 1.37 bits per heavy atom. The molecule has 0 aliphatic rings. The molecular weight excluding hydrogens is 464 g/mol. The number of ketones is 1. The summed E-state index contributed by atoms with van der Waals surface area (Å²) in [5.74, 6) is -1.97. The maximum absolute atomic E-state index is 13.2. The average molecular weight is 489 g/mol. The molecule has 35 heavy (non-hydrogen) atoms. The van der Waals surface area contributed by atoms with Gasteiger partial charge in [-0.1, -0.05) is 30.3 Å². The number of carbonyl (C=O) groups is 4. The van der Waals surface area contributed by atoms with E-state index in [4.69, 9.17) is 5.11 Å². The molecule has 3 aromatic carbocycles. The highest BCUT2D eigenvalue weighted by Crippen LogP contribution is 2.36. The number of rotatable bonds is 9. The van der Waals surface area contributed by atoms with Crippen molar-refractivity contribution in [1.82, 2.24) is 0 Å². The van der Waals surface area contributed by atoms with Crippen LogP contribution < -0.4 is 10.6 Å². The Morgan fingerprint density at radius 3 is 1.94 bits per heavy atom. The largest absolute Gasteiger partial charge is 0.478 e. The number of thioether (sulfide) groups is 1. The van der Waals surface area contributed by atoms with Gasteiger partial charge < -0.3 is 15.7 Å². The molecule has 8 heteroatoms. The van der Waals surface area contributed by atoms with Gasteiger partial charge in [-0.3, -0.25) is 14.4 Å². The second-order valence-corrected chi connectivity index (χ2v) is 8.86. The van der Waals surface area contributed by atoms with Gasteiger partial charge in [0, 0.05) is 33.5 Å². The van der Waals surface area contributed by atoms with E-state index in [9.17, 15) is 19.2 Å². The van der Waals surface area contributed by atoms with Crippen LogP contribution in [-0.4, -0.2) is 28.7 Å². The van der Waals surface area contributed by atoms with Crippen molar-refractivity contribution in [1.29, 1.82) is 0 Å². The Bertz CT molecular complexity index is 1250. The van der Waals surface area contributed by atoms with Crippen molar-refractivity contribution in [2.75, 3.05) is 10.6 Å². The average Bonchev–Trinajstić information content (AvgIpc) is 2.84. The molecule has 3 aromatic rings. The van der Waals surface area contributed by atoms with Gasteiger partial charge >= 0.3 is 5.97 Å². The number of hydrogen-bond acceptors (Lipinski definition) is 5. The number of anilines is 2. The van der Waals surface area contributed by atoms with Crippen LogP contribution in [0.5, 0.6) is 0 Å². The van der Waals surface area contributed by atoms with E-state index in [0.29, 0.717) is 16.9 Å². The standard InChI is InChI=1S/C27H24N2O5S/c1-17(27(33)34)16-24(31)28-21-12-14-23(15-13-21)35-25(20-6-4-3-5-7-20)26(32)29-22-10-8-19(9-11-22)18(2)30/h3-16,25H,1-2H3,(H,28,31)(H,29,32)(H,33,34)/b17-16-/t25-/m0/s1. The molecule has 0 aromatic heterocycles. The molecule has 0 unspecified atom stereocenters. The van der Waals surface area contributed by atoms with Crippen molar-refractivity contribution < 1.29 is 24.3 Å². The second kappa shape index (κ2) is 11.8. The summed E-state index contributed by atoms with van der Waals surface area (Å²) in [5.41, 5.74) is 2.41. The topological polar surface area (TPSA) is 113 Å². The monoisotopic (exact) mass is 488 g/mol. The predicted molar refractivity (Wildman–Crippen MR) is 137 cm³/mol. The van der Waals surface area contributed by atoms with Crippen molar-refractivity contribution in [2.24, 2.45) is 0 Å². The fourth-order valence-corrected chi connectivity index (χ4v) is 4.11. The lowest BCUT2D eigenvalue weighted by Gasteiger charge is -2.17. The molecule has 0 saturated heterocycles. The van der Waals surface area contributed by atoms with E-state index in [1.807, 2.05) is 30.3 Å². The van der Waals surface area contributed by atoms with Gasteiger partial charge in [0.05, 0.1) is 0 Å². The van der Waals surface area contributed by atoms with Crippen LogP contribution in [0.15, 0.2) is 95.4 Å². The number of Topliss-reactive ketones (excluding diaryl/α,β-unsaturated/α-hetero) is 1. The minimum absolute atomic E-state index is 0.0479. The first-order valence-corrected chi connectivity index (χ1v) is 11.6. The Kier molecular flexibility index (Phi) is 8.58. The van der Waals surface area contributed by atoms with E-state index in [1.54, 1.807) is 48.5 Å². The fraction of sp³-hybridized carbons (Fsp3) is 0.111. The van der Waals surface area contributed by atoms with Crippen molar-refractivity contribution in [2.45, 2.75) is 24.0 Å². The van der Waals surface area contributed by atoms with Gasteiger partial charge in [-0.25, -0.2) is 4.79 Å². The third-order valence-electron chi connectivity index (χ3n) is 4.96. The second-order valence-electron chi connectivity index (χ2n) is 7.68. The summed E-state index contributed by atoms with van der Waals surface area (Å²) in [6.07, 6.45) is 1.02. The van der Waals surface area contributed by atoms with Gasteiger partial charge in [-0.15, -0.1) is 11.8 Å². The summed E-state index contributed by atoms with van der Waals surface area (Å²) in [7, 11) is 0. The number of benzene rings is 3. The van der Waals surface area contributed by atoms with Crippen molar-refractivity contribution in [3.8, 4) is 0 Å². The Balaban J connectivity index is 1.74. The number of carbonyl (C=O) groups excluding carboxylic acids is 3. The Morgan fingerprint density at radius 1 is 0.800 bits per heavy atom. The highest BCUT2D eigenvalue weighted by Gasteiger charge is 2.22. The SMILES string of the molecule is CC(=O)c1ccc(NC(=O)[C@@H](Sc2ccc(NC(=O)/C=C(/C)C(=O)O)cc2)c2ccccc2)cc1. The number of hydrogen-bond donors (Lipinski definition) is 3. The van der Waals surface area contributed by atoms with Gasteiger partial charge in [0.1, 0.15) is 5.25 Å². The van der Waals surface area contributed by atoms with E-state index in [0.717, 1.165) is 16.5 Å². The highest BCUT2D eigenvalue weighted by molar-refractivity contribution is 8.00. The lowest BCUT2D eigenvalue weighted by molar-refractivity contribution is -0.132. The molecule has 0 radical (unpaired) electrons. The Hall–Kier alpha value is -4.17. The van der Waals surface area contributed by atoms with Crippen LogP contribution in [0.3, 0.4) is 0 Å². The summed E-state index contributed by atoms with van der Waals surface area (Å²) in [4.78, 5) is 48.3. The van der Waals surface area contributed by atoms with Gasteiger partial charge in [0.25, 0.3) is 0 Å². The molecular formula is C27H24N2O5S. The molecule has 0 heterocycles. The van der Waals surface area contributed by atoms with Crippen molar-refractivity contribution in [3.05, 3.63) is 102 Å². The molecule has 2 amide bonds. The summed E-state index contributed by atoms with van der Waals surface area (Å²) < 4.78 is 0. The summed E-state index contributed by atoms with van der Waals surface area (Å²) in [5, 5.41) is 13.9. The van der Waals surface area contributed by atoms with Gasteiger partial charge in [-0.2, -0.15) is 0 Å². The molecule has 0 fully saturated rings. The minimum atomic E-state index is -1.16. The van der Waals surface area contributed by atoms with Gasteiger partial charge in [0.15, 0.2) is 5.78 Å². The lowest BCUT2D eigenvalue weighted by Crippen LogP contribution is -2.19. The zero-order valence-corrected chi connectivity index (χ0v) is 20.0. The highest BCUT2D eigenvalue weighted by atomic mass is 32.2. The molecule has 7 nitrogen and oxygen atoms in total. The van der Waals surface area contributed by atoms with Gasteiger partial charge in [0.2, 0.25) is 11.8 Å². The van der Waals surface area contributed by atoms with E-state index in [2.05, 4.69) is 10.6 Å². The van der Waals surface area contributed by atoms with Crippen LogP contribution in [0, 0.1) is 0 Å². The van der Waals surface area contributed by atoms with Crippen molar-refractivity contribution >= 4 is 46.7 Å². The van der Waals surface area contributed by atoms with E-state index in [1.165, 1.54) is 25.6 Å². The third kappa shape index (κ3) is 7.41. The molecule has 3 rings (SSSR count). The number of carboxylic acids is 1. The third-order valence-corrected chi connectivity index (χ3v) is 6.23. The quantitative estimate of drug-likeness (QED) is 0.213. The minimum Gasteiger partial charge on any atom is -0.478 e. The maximum atomic E-state index is 13.2. The first kappa shape index (κ1) is 25.5. The van der Waals surface area contributed by atoms with Crippen LogP contribution in [0.1, 0.15) is 35.0 Å². The lowest BCUT2D eigenvalue weighted by atomic mass is 10.1. The smallest absolute Gasteiger partial charge is 0.331 e. The van der Waals surface area contributed by atoms with Gasteiger partial charge in [-0.05, 0) is 67.9 Å². The van der Waals surface area contributed by atoms with Crippen LogP contribution >= 0.6 is 11.8 Å². The zero-order chi connectivity index (χ0) is 25.4. The normalized spacial score (nSPS) is 11.9. The molecule has 0 aliphatic heterocycles. The summed E-state index contributed by atoms with van der Waals surface area (Å²) in [6.45, 7) is 2.83. The molecule has 0 aliphatic carbocycles. The van der Waals surface area contributed by atoms with Crippen LogP contribution in [0.2, 0.25) is 0 Å². The Labute approximate surface area is 207 Å². The number of amides is 2. The number of carboxylic acid groups (broad SMARTS) is 1. The van der Waals surface area contributed by atoms with E-state index < -0.39 is 17.1 Å². The first-order chi connectivity index (χ1) is 16.7. The summed E-state index contributed by atoms with van der Waals surface area (Å²) in [6, 6.07) is 23.0. The van der Waals surface area contributed by atoms with Crippen LogP contribution in [0.4, 0.5) is 11.4 Å². The summed E-state index contributed by atoms with van der Waals surface area (Å²) >= 11 is 1.35. The molecule has 0 bridgehead atoms. The number of nitrogens with one attached hydrogen (secondary N) is 2. The fourth-order valence-electron chi connectivity index (χ4n) is 3.09. The van der Waals surface area contributed by atoms with Crippen LogP contribution in [0.25, 0.3) is 0 Å². The van der Waals surface area contributed by atoms with Crippen molar-refractivity contribution in [3.63, 3.8) is 0 Å². The van der Waals surface area contributed by atoms with E-state index >= 15 is 0 Å². The first-order valence-electron chi connectivity index (χ1n) is 10.7. The predicted octanol–water partition coefficient (Wildman–Crippen LogP) is 5.33. The van der Waals surface area contributed by atoms with E-state index in [-0.39, 0.29) is 17.3 Å². The molecule has 3 N–H and O–H groups in total. The maximum Gasteiger partial charge on any atom is 0.331 e. The number of aliphatic carboxylic acids is 1. The molecule has 1 atom stereocenters.